The molecule has 0 saturated carbocycles. The van der Waals surface area contributed by atoms with Crippen LogP contribution in [0.15, 0.2) is 12.7 Å². The van der Waals surface area contributed by atoms with Gasteiger partial charge in [-0.25, -0.2) is 0 Å². The number of aliphatic carboxylic acids is 1. The Balaban J connectivity index is -0.0000000607. The smallest absolute Gasteiger partial charge is 1.00 e. The van der Waals surface area contributed by atoms with Gasteiger partial charge in [-0.2, -0.15) is 0 Å². The zero-order valence-corrected chi connectivity index (χ0v) is 10.4. The Morgan fingerprint density at radius 1 is 1.40 bits per heavy atom. The summed E-state index contributed by atoms with van der Waals surface area (Å²) in [7, 11) is 0. The van der Waals surface area contributed by atoms with E-state index in [4.69, 9.17) is 9.90 Å². The predicted molar refractivity (Wildman–Crippen MR) is 57.7 cm³/mol. The molecule has 0 heterocycles. The third-order valence-corrected chi connectivity index (χ3v) is 0.755. The Morgan fingerprint density at radius 3 is 2.07 bits per heavy atom. The van der Waals surface area contributed by atoms with Gasteiger partial charge in [-0.1, -0.05) is 12.7 Å². The van der Waals surface area contributed by atoms with Crippen molar-refractivity contribution in [2.24, 2.45) is 0 Å². The molecule has 15 heavy (non-hydrogen) atoms. The van der Waals surface area contributed by atoms with Gasteiger partial charge in [-0.05, 0) is 6.92 Å². The molecule has 0 fully saturated rings. The Labute approximate surface area is 108 Å². The number of Topliss-reactive ketones (excluding diaryl/α,β-unsaturated/α-hetero) is 1. The van der Waals surface area contributed by atoms with Crippen LogP contribution in [0.3, 0.4) is 0 Å². The molecule has 0 aromatic carbocycles. The summed E-state index contributed by atoms with van der Waals surface area (Å²) in [6, 6.07) is 0. The minimum Gasteiger partial charge on any atom is -1.00 e. The van der Waals surface area contributed by atoms with Crippen LogP contribution < -0.4 is 0 Å². The van der Waals surface area contributed by atoms with Crippen LogP contribution in [0.25, 0.3) is 0 Å². The van der Waals surface area contributed by atoms with E-state index in [1.165, 1.54) is 13.0 Å². The molecule has 5 nitrogen and oxygen atoms in total. The van der Waals surface area contributed by atoms with Crippen LogP contribution in [-0.4, -0.2) is 52.5 Å². The first-order chi connectivity index (χ1) is 6.40. The average molecular weight is 229 g/mol. The predicted octanol–water partition coefficient (Wildman–Crippen LogP) is 0.630. The van der Waals surface area contributed by atoms with E-state index in [1.807, 2.05) is 0 Å². The number of carbonyl (C=O) groups is 3. The fraction of sp³-hybridized carbons (Fsp3) is 0.444. The van der Waals surface area contributed by atoms with Gasteiger partial charge >= 0.3 is 29.0 Å². The largest absolute Gasteiger partial charge is 2.00 e. The Kier molecular flexibility index (Phi) is 17.2. The fourth-order valence-electron chi connectivity index (χ4n) is 0.406. The monoisotopic (exact) mass is 228 g/mol. The maximum Gasteiger partial charge on any atom is 2.00 e. The Morgan fingerprint density at radius 2 is 1.80 bits per heavy atom. The molecule has 6 heteroatoms. The zero-order valence-electron chi connectivity index (χ0n) is 11.0. The van der Waals surface area contributed by atoms with Crippen molar-refractivity contribution in [2.75, 3.05) is 6.61 Å². The van der Waals surface area contributed by atoms with Crippen LogP contribution in [0.1, 0.15) is 23.1 Å². The molecule has 0 atom stereocenters. The van der Waals surface area contributed by atoms with E-state index in [1.54, 1.807) is 0 Å². The second-order valence-electron chi connectivity index (χ2n) is 2.37. The van der Waals surface area contributed by atoms with Crippen LogP contribution in [0.2, 0.25) is 0 Å². The fourth-order valence-corrected chi connectivity index (χ4v) is 0.406. The first-order valence-corrected chi connectivity index (χ1v) is 3.85. The van der Waals surface area contributed by atoms with Crippen molar-refractivity contribution < 1.29 is 27.1 Å². The molecule has 0 aromatic rings. The molecule has 0 aromatic heterocycles. The summed E-state index contributed by atoms with van der Waals surface area (Å²) in [5.74, 6) is -1.51. The van der Waals surface area contributed by atoms with Crippen LogP contribution in [0.4, 0.5) is 0 Å². The summed E-state index contributed by atoms with van der Waals surface area (Å²) in [5.41, 5.74) is 0. The van der Waals surface area contributed by atoms with Crippen LogP contribution in [-0.2, 0) is 19.1 Å². The number of ether oxygens (including phenoxy) is 1. The number of esters is 1. The number of carboxylic acid groups (broad SMARTS) is 1. The average Bonchev–Trinajstić information content (AvgIpc) is 1.98. The molecule has 0 radical (unpaired) electrons. The van der Waals surface area contributed by atoms with E-state index >= 15 is 0 Å². The second-order valence-corrected chi connectivity index (χ2v) is 2.37. The van der Waals surface area contributed by atoms with Crippen molar-refractivity contribution in [1.82, 2.24) is 0 Å². The summed E-state index contributed by atoms with van der Waals surface area (Å²) in [5, 5.41) is 7.42. The van der Waals surface area contributed by atoms with Gasteiger partial charge in [0.25, 0.3) is 5.97 Å². The van der Waals surface area contributed by atoms with Gasteiger partial charge in [-0.3, -0.25) is 14.4 Å². The summed E-state index contributed by atoms with van der Waals surface area (Å²) in [6.45, 7) is 5.95. The van der Waals surface area contributed by atoms with E-state index < -0.39 is 11.9 Å². The van der Waals surface area contributed by atoms with Crippen LogP contribution in [0, 0.1) is 0 Å². The molecule has 0 aliphatic rings. The molecule has 0 spiro atoms. The van der Waals surface area contributed by atoms with Gasteiger partial charge in [0, 0.05) is 6.92 Å². The van der Waals surface area contributed by atoms with E-state index in [9.17, 15) is 9.59 Å². The Bertz CT molecular complexity index is 229. The molecular weight excluding hydrogens is 212 g/mol. The summed E-state index contributed by atoms with van der Waals surface area (Å²) in [6.07, 6.45) is 1.31. The minimum absolute atomic E-state index is 0. The van der Waals surface area contributed by atoms with E-state index in [0.717, 1.165) is 6.92 Å². The molecule has 0 bridgehead atoms. The van der Waals surface area contributed by atoms with Crippen molar-refractivity contribution >= 4 is 40.8 Å². The quantitative estimate of drug-likeness (QED) is 0.330. The number of hydrogen-bond acceptors (Lipinski definition) is 4. The van der Waals surface area contributed by atoms with Crippen molar-refractivity contribution in [1.29, 1.82) is 0 Å². The van der Waals surface area contributed by atoms with Crippen molar-refractivity contribution in [3.05, 3.63) is 12.7 Å². The molecule has 0 unspecified atom stereocenters. The standard InChI is InChI=1S/C7H10O3.C2H4O2.Mg.2H/c1-3-4-10-7(9)5-6(2)8;1-2(3)4;;;/h3H,1,4-5H2,2H3;1H3,(H,3,4);;;/q;;+2;2*-1. The summed E-state index contributed by atoms with van der Waals surface area (Å²) in [4.78, 5) is 29.8. The Hall–Kier alpha value is -0.884. The SMILES string of the molecule is C=CCOC(=O)CC(C)=O.CC(=O)O.[H-].[H-].[Mg+2]. The van der Waals surface area contributed by atoms with Crippen LogP contribution in [0.5, 0.6) is 0 Å². The molecule has 0 aliphatic heterocycles. The third kappa shape index (κ3) is 32.0. The molecule has 84 valence electrons. The first-order valence-electron chi connectivity index (χ1n) is 3.85. The maximum atomic E-state index is 10.5. The first kappa shape index (κ1) is 19.7. The van der Waals surface area contributed by atoms with E-state index in [2.05, 4.69) is 11.3 Å². The number of hydrogen-bond donors (Lipinski definition) is 1. The molecule has 0 amide bonds. The summed E-state index contributed by atoms with van der Waals surface area (Å²) < 4.78 is 4.52. The van der Waals surface area contributed by atoms with E-state index in [0.29, 0.717) is 0 Å². The molecule has 0 saturated heterocycles. The molecule has 0 aliphatic carbocycles. The van der Waals surface area contributed by atoms with Gasteiger partial charge in [0.1, 0.15) is 18.8 Å². The van der Waals surface area contributed by atoms with Gasteiger partial charge < -0.3 is 12.7 Å². The third-order valence-electron chi connectivity index (χ3n) is 0.755. The van der Waals surface area contributed by atoms with Gasteiger partial charge in [0.15, 0.2) is 0 Å². The number of rotatable bonds is 4. The van der Waals surface area contributed by atoms with Crippen molar-refractivity contribution in [2.45, 2.75) is 20.3 Å². The summed E-state index contributed by atoms with van der Waals surface area (Å²) >= 11 is 0. The molecular formula is C9H16MgO5. The zero-order chi connectivity index (χ0) is 11.6. The number of ketones is 1. The topological polar surface area (TPSA) is 80.7 Å². The van der Waals surface area contributed by atoms with Crippen molar-refractivity contribution in [3.63, 3.8) is 0 Å². The molecule has 1 N–H and O–H groups in total. The number of carboxylic acids is 1. The maximum absolute atomic E-state index is 10.5. The molecule has 0 rings (SSSR count). The van der Waals surface area contributed by atoms with Gasteiger partial charge in [0.2, 0.25) is 0 Å². The van der Waals surface area contributed by atoms with Gasteiger partial charge in [-0.15, -0.1) is 0 Å². The van der Waals surface area contributed by atoms with Gasteiger partial charge in [0.05, 0.1) is 0 Å². The number of carbonyl (C=O) groups excluding carboxylic acids is 2. The van der Waals surface area contributed by atoms with Crippen molar-refractivity contribution in [3.8, 4) is 0 Å². The normalized spacial score (nSPS) is 7.33. The van der Waals surface area contributed by atoms with Crippen LogP contribution >= 0.6 is 0 Å². The second kappa shape index (κ2) is 13.1. The van der Waals surface area contributed by atoms with E-state index in [-0.39, 0.29) is 44.7 Å². The minimum atomic E-state index is -0.833.